The molecule has 0 radical (unpaired) electrons. The molecule has 0 unspecified atom stereocenters. The van der Waals surface area contributed by atoms with E-state index in [1.165, 1.54) is 0 Å². The van der Waals surface area contributed by atoms with E-state index in [1.807, 2.05) is 25.2 Å². The minimum absolute atomic E-state index is 0.499. The summed E-state index contributed by atoms with van der Waals surface area (Å²) in [6, 6.07) is 5.68. The second kappa shape index (κ2) is 3.10. The lowest BCUT2D eigenvalue weighted by molar-refractivity contribution is 0.473. The number of hydrogen-bond acceptors (Lipinski definition) is 1. The van der Waals surface area contributed by atoms with Gasteiger partial charge in [0.1, 0.15) is 12.4 Å². The van der Waals surface area contributed by atoms with E-state index in [2.05, 4.69) is 21.0 Å². The predicted molar refractivity (Wildman–Crippen MR) is 53.2 cm³/mol. The van der Waals surface area contributed by atoms with Gasteiger partial charge in [-0.05, 0) is 22.0 Å². The molecule has 2 rings (SSSR count). The van der Waals surface area contributed by atoms with Gasteiger partial charge in [-0.3, -0.25) is 4.68 Å². The van der Waals surface area contributed by atoms with Gasteiger partial charge in [0, 0.05) is 16.9 Å². The summed E-state index contributed by atoms with van der Waals surface area (Å²) in [6.45, 7) is -0.520. The maximum Gasteiger partial charge on any atom is 0.134 e. The molecule has 0 atom stereocenters. The number of alkyl halides is 1. The summed E-state index contributed by atoms with van der Waals surface area (Å²) in [5.74, 6) is 0. The maximum absolute atomic E-state index is 12.5. The number of para-hydroxylation sites is 1. The zero-order valence-electron chi connectivity index (χ0n) is 7.09. The molecular weight excluding hydrogens is 235 g/mol. The Hall–Kier alpha value is -0.900. The lowest BCUT2D eigenvalue weighted by Gasteiger charge is -1.95. The summed E-state index contributed by atoms with van der Waals surface area (Å²) >= 11 is 3.41. The molecule has 1 aromatic heterocycles. The molecule has 0 aliphatic heterocycles. The van der Waals surface area contributed by atoms with Crippen LogP contribution >= 0.6 is 15.9 Å². The van der Waals surface area contributed by atoms with Crippen molar-refractivity contribution in [2.24, 2.45) is 7.05 Å². The Labute approximate surface area is 83.5 Å². The van der Waals surface area contributed by atoms with Crippen LogP contribution in [0.4, 0.5) is 4.39 Å². The molecule has 0 aliphatic carbocycles. The number of aryl methyl sites for hydroxylation is 1. The summed E-state index contributed by atoms with van der Waals surface area (Å²) in [6.07, 6.45) is 0. The van der Waals surface area contributed by atoms with Gasteiger partial charge in [0.05, 0.1) is 5.52 Å². The SMILES string of the molecule is Cn1nc(CF)c2cccc(Br)c21. The Kier molecular flexibility index (Phi) is 2.07. The molecule has 13 heavy (non-hydrogen) atoms. The van der Waals surface area contributed by atoms with Gasteiger partial charge >= 0.3 is 0 Å². The van der Waals surface area contributed by atoms with Crippen LogP contribution in [-0.4, -0.2) is 9.78 Å². The normalized spacial score (nSPS) is 11.0. The van der Waals surface area contributed by atoms with E-state index < -0.39 is 6.67 Å². The second-order valence-corrected chi connectivity index (χ2v) is 3.69. The van der Waals surface area contributed by atoms with E-state index >= 15 is 0 Å². The highest BCUT2D eigenvalue weighted by Crippen LogP contribution is 2.25. The topological polar surface area (TPSA) is 17.8 Å². The Balaban J connectivity index is 2.87. The maximum atomic E-state index is 12.5. The Bertz CT molecular complexity index is 450. The summed E-state index contributed by atoms with van der Waals surface area (Å²) in [7, 11) is 1.81. The lowest BCUT2D eigenvalue weighted by Crippen LogP contribution is -1.90. The third-order valence-corrected chi connectivity index (χ3v) is 2.66. The summed E-state index contributed by atoms with van der Waals surface area (Å²) in [5, 5.41) is 4.96. The number of nitrogens with zero attached hydrogens (tertiary/aromatic N) is 2. The molecule has 1 aromatic carbocycles. The van der Waals surface area contributed by atoms with Crippen LogP contribution in [0, 0.1) is 0 Å². The van der Waals surface area contributed by atoms with Gasteiger partial charge in [-0.2, -0.15) is 5.10 Å². The molecule has 1 heterocycles. The van der Waals surface area contributed by atoms with Crippen LogP contribution in [0.25, 0.3) is 10.9 Å². The van der Waals surface area contributed by atoms with Gasteiger partial charge in [0.25, 0.3) is 0 Å². The first-order chi connectivity index (χ1) is 6.24. The van der Waals surface area contributed by atoms with Crippen molar-refractivity contribution in [3.05, 3.63) is 28.4 Å². The van der Waals surface area contributed by atoms with Crippen molar-refractivity contribution in [1.82, 2.24) is 9.78 Å². The molecule has 4 heteroatoms. The smallest absolute Gasteiger partial charge is 0.134 e. The largest absolute Gasteiger partial charge is 0.266 e. The first-order valence-corrected chi connectivity index (χ1v) is 4.69. The Morgan fingerprint density at radius 1 is 1.54 bits per heavy atom. The second-order valence-electron chi connectivity index (χ2n) is 2.84. The average Bonchev–Trinajstić information content (AvgIpc) is 2.44. The minimum atomic E-state index is -0.520. The zero-order chi connectivity index (χ0) is 9.42. The molecule has 0 saturated heterocycles. The van der Waals surface area contributed by atoms with Crippen molar-refractivity contribution in [3.63, 3.8) is 0 Å². The van der Waals surface area contributed by atoms with Gasteiger partial charge in [-0.25, -0.2) is 4.39 Å². The van der Waals surface area contributed by atoms with Gasteiger partial charge < -0.3 is 0 Å². The monoisotopic (exact) mass is 242 g/mol. The van der Waals surface area contributed by atoms with Crippen molar-refractivity contribution < 1.29 is 4.39 Å². The summed E-state index contributed by atoms with van der Waals surface area (Å²) in [5.41, 5.74) is 1.44. The highest BCUT2D eigenvalue weighted by atomic mass is 79.9. The predicted octanol–water partition coefficient (Wildman–Crippen LogP) is 2.81. The van der Waals surface area contributed by atoms with Crippen molar-refractivity contribution in [2.75, 3.05) is 0 Å². The highest BCUT2D eigenvalue weighted by molar-refractivity contribution is 9.10. The molecule has 0 saturated carbocycles. The van der Waals surface area contributed by atoms with Crippen LogP contribution in [0.3, 0.4) is 0 Å². The van der Waals surface area contributed by atoms with Crippen LogP contribution in [0.5, 0.6) is 0 Å². The molecular formula is C9H8BrFN2. The Morgan fingerprint density at radius 3 is 3.00 bits per heavy atom. The van der Waals surface area contributed by atoms with E-state index in [0.717, 1.165) is 15.4 Å². The molecule has 0 amide bonds. The van der Waals surface area contributed by atoms with E-state index in [1.54, 1.807) is 4.68 Å². The molecule has 68 valence electrons. The molecule has 0 bridgehead atoms. The van der Waals surface area contributed by atoms with Crippen LogP contribution in [0.2, 0.25) is 0 Å². The number of hydrogen-bond donors (Lipinski definition) is 0. The van der Waals surface area contributed by atoms with Gasteiger partial charge in [-0.15, -0.1) is 0 Å². The van der Waals surface area contributed by atoms with Gasteiger partial charge in [-0.1, -0.05) is 12.1 Å². The summed E-state index contributed by atoms with van der Waals surface area (Å²) < 4.78 is 15.1. The number of benzene rings is 1. The number of rotatable bonds is 1. The van der Waals surface area contributed by atoms with E-state index in [9.17, 15) is 4.39 Å². The Morgan fingerprint density at radius 2 is 2.31 bits per heavy atom. The van der Waals surface area contributed by atoms with Crippen LogP contribution < -0.4 is 0 Å². The number of aromatic nitrogens is 2. The molecule has 0 fully saturated rings. The fourth-order valence-electron chi connectivity index (χ4n) is 1.46. The average molecular weight is 243 g/mol. The van der Waals surface area contributed by atoms with Gasteiger partial charge in [0.2, 0.25) is 0 Å². The van der Waals surface area contributed by atoms with Crippen molar-refractivity contribution in [1.29, 1.82) is 0 Å². The molecule has 2 aromatic rings. The zero-order valence-corrected chi connectivity index (χ0v) is 8.68. The van der Waals surface area contributed by atoms with Crippen LogP contribution in [0.15, 0.2) is 22.7 Å². The van der Waals surface area contributed by atoms with E-state index in [0.29, 0.717) is 5.69 Å². The quantitative estimate of drug-likeness (QED) is 0.752. The van der Waals surface area contributed by atoms with Crippen LogP contribution in [0.1, 0.15) is 5.69 Å². The third-order valence-electron chi connectivity index (χ3n) is 2.02. The highest BCUT2D eigenvalue weighted by Gasteiger charge is 2.09. The van der Waals surface area contributed by atoms with E-state index in [-0.39, 0.29) is 0 Å². The fraction of sp³-hybridized carbons (Fsp3) is 0.222. The number of fused-ring (bicyclic) bond motifs is 1. The van der Waals surface area contributed by atoms with Crippen molar-refractivity contribution in [2.45, 2.75) is 6.67 Å². The fourth-order valence-corrected chi connectivity index (χ4v) is 2.08. The first-order valence-electron chi connectivity index (χ1n) is 3.90. The standard InChI is InChI=1S/C9H8BrFN2/c1-13-9-6(8(5-11)12-13)3-2-4-7(9)10/h2-4H,5H2,1H3. The molecule has 2 nitrogen and oxygen atoms in total. The van der Waals surface area contributed by atoms with Crippen molar-refractivity contribution >= 4 is 26.8 Å². The van der Waals surface area contributed by atoms with E-state index in [4.69, 9.17) is 0 Å². The molecule has 0 N–H and O–H groups in total. The third kappa shape index (κ3) is 1.25. The first kappa shape index (κ1) is 8.69. The van der Waals surface area contributed by atoms with Crippen LogP contribution in [-0.2, 0) is 13.7 Å². The van der Waals surface area contributed by atoms with Gasteiger partial charge in [0.15, 0.2) is 0 Å². The minimum Gasteiger partial charge on any atom is -0.266 e. The van der Waals surface area contributed by atoms with Crippen molar-refractivity contribution in [3.8, 4) is 0 Å². The molecule has 0 aliphatic rings. The summed E-state index contributed by atoms with van der Waals surface area (Å²) in [4.78, 5) is 0. The number of halogens is 2. The lowest BCUT2D eigenvalue weighted by atomic mass is 10.2. The molecule has 0 spiro atoms.